The van der Waals surface area contributed by atoms with Gasteiger partial charge >= 0.3 is 5.97 Å². The van der Waals surface area contributed by atoms with Gasteiger partial charge in [-0.3, -0.25) is 10.1 Å². The molecule has 1 rings (SSSR count). The lowest BCUT2D eigenvalue weighted by atomic mass is 10.3. The Kier molecular flexibility index (Phi) is 4.37. The lowest BCUT2D eigenvalue weighted by Crippen LogP contribution is -2.32. The molecule has 0 fully saturated rings. The van der Waals surface area contributed by atoms with Crippen molar-refractivity contribution in [2.75, 3.05) is 0 Å². The van der Waals surface area contributed by atoms with Crippen molar-refractivity contribution in [3.63, 3.8) is 0 Å². The zero-order chi connectivity index (χ0) is 10.7. The predicted octanol–water partition coefficient (Wildman–Crippen LogP) is 2.73. The summed E-state index contributed by atoms with van der Waals surface area (Å²) in [6, 6.07) is 1.34. The maximum atomic E-state index is 10.5. The average Bonchev–Trinajstić information content (AvgIpc) is 2.42. The molecule has 0 aliphatic carbocycles. The molecule has 14 heavy (non-hydrogen) atoms. The molecule has 78 valence electrons. The van der Waals surface area contributed by atoms with Gasteiger partial charge in [0.05, 0.1) is 0 Å². The second-order valence-corrected chi connectivity index (χ2v) is 5.37. The number of nitrogens with one attached hydrogen (secondary N) is 1. The fraction of sp³-hybridized carbons (Fsp3) is 0.375. The van der Waals surface area contributed by atoms with E-state index in [9.17, 15) is 4.79 Å². The number of carboxylic acids is 1. The van der Waals surface area contributed by atoms with Crippen LogP contribution in [0.3, 0.4) is 0 Å². The predicted molar refractivity (Wildman–Crippen MR) is 61.0 cm³/mol. The second-order valence-electron chi connectivity index (χ2n) is 2.78. The third-order valence-electron chi connectivity index (χ3n) is 1.65. The second kappa shape index (κ2) is 5.11. The summed E-state index contributed by atoms with van der Waals surface area (Å²) in [6.07, 6.45) is 0. The fourth-order valence-electron chi connectivity index (χ4n) is 0.820. The van der Waals surface area contributed by atoms with E-state index in [1.807, 2.05) is 6.07 Å². The first-order valence-corrected chi connectivity index (χ1v) is 5.89. The van der Waals surface area contributed by atoms with Crippen LogP contribution in [0.25, 0.3) is 0 Å². The summed E-state index contributed by atoms with van der Waals surface area (Å²) < 4.78 is 1.54. The normalized spacial score (nSPS) is 12.8. The number of halogens is 2. The van der Waals surface area contributed by atoms with Gasteiger partial charge in [-0.1, -0.05) is 11.6 Å². The maximum absolute atomic E-state index is 10.5. The highest BCUT2D eigenvalue weighted by molar-refractivity contribution is 9.10. The molecule has 1 unspecified atom stereocenters. The molecule has 0 aliphatic heterocycles. The molecule has 0 spiro atoms. The van der Waals surface area contributed by atoms with E-state index in [0.717, 1.165) is 9.35 Å². The first kappa shape index (κ1) is 12.0. The van der Waals surface area contributed by atoms with Gasteiger partial charge in [-0.2, -0.15) is 0 Å². The van der Waals surface area contributed by atoms with Crippen LogP contribution in [0.2, 0.25) is 4.34 Å². The van der Waals surface area contributed by atoms with Crippen molar-refractivity contribution >= 4 is 44.8 Å². The number of aliphatic carboxylic acids is 1. The molecule has 1 atom stereocenters. The fourth-order valence-corrected chi connectivity index (χ4v) is 2.56. The highest BCUT2D eigenvalue weighted by Crippen LogP contribution is 2.31. The molecule has 0 amide bonds. The van der Waals surface area contributed by atoms with Crippen molar-refractivity contribution in [2.45, 2.75) is 19.5 Å². The Morgan fingerprint density at radius 2 is 2.50 bits per heavy atom. The average molecular weight is 299 g/mol. The van der Waals surface area contributed by atoms with Crippen LogP contribution in [0.5, 0.6) is 0 Å². The van der Waals surface area contributed by atoms with Crippen LogP contribution in [-0.4, -0.2) is 17.1 Å². The number of hydrogen-bond donors (Lipinski definition) is 2. The molecule has 0 radical (unpaired) electrons. The molecule has 1 aromatic heterocycles. The summed E-state index contributed by atoms with van der Waals surface area (Å²) in [5, 5.41) is 11.5. The summed E-state index contributed by atoms with van der Waals surface area (Å²) >= 11 is 10.6. The number of hydrogen-bond acceptors (Lipinski definition) is 3. The lowest BCUT2D eigenvalue weighted by Gasteiger charge is -2.06. The largest absolute Gasteiger partial charge is 0.480 e. The van der Waals surface area contributed by atoms with Gasteiger partial charge in [-0.15, -0.1) is 11.3 Å². The molecule has 0 bridgehead atoms. The SMILES string of the molecule is CC(NCc1cc(Br)c(Cl)s1)C(=O)O. The molecule has 3 nitrogen and oxygen atoms in total. The molecule has 0 saturated carbocycles. The number of carboxylic acid groups (broad SMARTS) is 1. The van der Waals surface area contributed by atoms with Gasteiger partial charge in [0, 0.05) is 15.9 Å². The first-order chi connectivity index (χ1) is 6.50. The van der Waals surface area contributed by atoms with Gasteiger partial charge in [-0.25, -0.2) is 0 Å². The summed E-state index contributed by atoms with van der Waals surface area (Å²) in [5.74, 6) is -0.855. The maximum Gasteiger partial charge on any atom is 0.320 e. The van der Waals surface area contributed by atoms with E-state index in [1.54, 1.807) is 6.92 Å². The lowest BCUT2D eigenvalue weighted by molar-refractivity contribution is -0.139. The zero-order valence-corrected chi connectivity index (χ0v) is 10.5. The van der Waals surface area contributed by atoms with E-state index in [0.29, 0.717) is 10.9 Å². The highest BCUT2D eigenvalue weighted by Gasteiger charge is 2.11. The third kappa shape index (κ3) is 3.24. The van der Waals surface area contributed by atoms with Crippen molar-refractivity contribution in [3.05, 3.63) is 19.8 Å². The molecule has 2 N–H and O–H groups in total. The van der Waals surface area contributed by atoms with Crippen LogP contribution < -0.4 is 5.32 Å². The Balaban J connectivity index is 2.50. The molecule has 1 heterocycles. The van der Waals surface area contributed by atoms with E-state index >= 15 is 0 Å². The van der Waals surface area contributed by atoms with Crippen LogP contribution in [-0.2, 0) is 11.3 Å². The van der Waals surface area contributed by atoms with Gasteiger partial charge in [-0.05, 0) is 28.9 Å². The zero-order valence-electron chi connectivity index (χ0n) is 7.38. The van der Waals surface area contributed by atoms with Crippen molar-refractivity contribution < 1.29 is 9.90 Å². The van der Waals surface area contributed by atoms with Crippen LogP contribution in [0.15, 0.2) is 10.5 Å². The Labute approximate surface area is 99.2 Å². The number of thiophene rings is 1. The Morgan fingerprint density at radius 1 is 1.86 bits per heavy atom. The highest BCUT2D eigenvalue weighted by atomic mass is 79.9. The van der Waals surface area contributed by atoms with Crippen molar-refractivity contribution in [3.8, 4) is 0 Å². The third-order valence-corrected chi connectivity index (χ3v) is 4.12. The van der Waals surface area contributed by atoms with Gasteiger partial charge in [0.1, 0.15) is 10.4 Å². The summed E-state index contributed by atoms with van der Waals surface area (Å²) in [6.45, 7) is 2.12. The van der Waals surface area contributed by atoms with E-state index in [2.05, 4.69) is 21.2 Å². The quantitative estimate of drug-likeness (QED) is 0.898. The smallest absolute Gasteiger partial charge is 0.320 e. The Bertz CT molecular complexity index is 323. The van der Waals surface area contributed by atoms with E-state index < -0.39 is 12.0 Å². The monoisotopic (exact) mass is 297 g/mol. The summed E-state index contributed by atoms with van der Waals surface area (Å²) in [5.41, 5.74) is 0. The van der Waals surface area contributed by atoms with Crippen LogP contribution in [0.4, 0.5) is 0 Å². The Morgan fingerprint density at radius 3 is 2.93 bits per heavy atom. The minimum absolute atomic E-state index is 0.517. The van der Waals surface area contributed by atoms with Crippen molar-refractivity contribution in [2.24, 2.45) is 0 Å². The van der Waals surface area contributed by atoms with Crippen LogP contribution in [0, 0.1) is 0 Å². The summed E-state index contributed by atoms with van der Waals surface area (Å²) in [4.78, 5) is 11.5. The molecular weight excluding hydrogens is 290 g/mol. The van der Waals surface area contributed by atoms with E-state index in [1.165, 1.54) is 11.3 Å². The minimum Gasteiger partial charge on any atom is -0.480 e. The van der Waals surface area contributed by atoms with Crippen molar-refractivity contribution in [1.82, 2.24) is 5.32 Å². The van der Waals surface area contributed by atoms with Gasteiger partial charge in [0.15, 0.2) is 0 Å². The Hall–Kier alpha value is -0.100. The first-order valence-electron chi connectivity index (χ1n) is 3.90. The molecule has 6 heteroatoms. The molecule has 0 aliphatic rings. The van der Waals surface area contributed by atoms with Crippen LogP contribution in [0.1, 0.15) is 11.8 Å². The van der Waals surface area contributed by atoms with Crippen molar-refractivity contribution in [1.29, 1.82) is 0 Å². The van der Waals surface area contributed by atoms with Gasteiger partial charge in [0.25, 0.3) is 0 Å². The molecular formula is C8H9BrClNO2S. The summed E-state index contributed by atoms with van der Waals surface area (Å²) in [7, 11) is 0. The van der Waals surface area contributed by atoms with Gasteiger partial charge in [0.2, 0.25) is 0 Å². The van der Waals surface area contributed by atoms with Crippen LogP contribution >= 0.6 is 38.9 Å². The minimum atomic E-state index is -0.855. The van der Waals surface area contributed by atoms with E-state index in [4.69, 9.17) is 16.7 Å². The van der Waals surface area contributed by atoms with Gasteiger partial charge < -0.3 is 5.11 Å². The molecule has 0 aromatic carbocycles. The topological polar surface area (TPSA) is 49.3 Å². The molecule has 1 aromatic rings. The molecule has 0 saturated heterocycles. The van der Waals surface area contributed by atoms with E-state index in [-0.39, 0.29) is 0 Å². The standard InChI is InChI=1S/C8H9BrClNO2S/c1-4(8(12)13)11-3-5-2-6(9)7(10)14-5/h2,4,11H,3H2,1H3,(H,12,13). The number of carbonyl (C=O) groups is 1. The number of rotatable bonds is 4.